The number of carbonyl (C=O) groups excluding carboxylic acids is 2. The van der Waals surface area contributed by atoms with Crippen LogP contribution in [0.5, 0.6) is 0 Å². The van der Waals surface area contributed by atoms with E-state index in [-0.39, 0.29) is 18.0 Å². The predicted octanol–water partition coefficient (Wildman–Crippen LogP) is 2.45. The number of anilines is 1. The molecular weight excluding hydrogens is 304 g/mol. The number of nitrogens with zero attached hydrogens (tertiary/aromatic N) is 2. The van der Waals surface area contributed by atoms with Crippen LogP contribution in [-0.2, 0) is 4.79 Å². The quantitative estimate of drug-likeness (QED) is 0.894. The van der Waals surface area contributed by atoms with Crippen LogP contribution in [-0.4, -0.2) is 35.6 Å². The third-order valence-electron chi connectivity index (χ3n) is 4.97. The molecule has 2 aliphatic rings. The van der Waals surface area contributed by atoms with Gasteiger partial charge >= 0.3 is 6.03 Å². The van der Waals surface area contributed by atoms with Gasteiger partial charge in [0.05, 0.1) is 11.9 Å². The van der Waals surface area contributed by atoms with Gasteiger partial charge in [-0.05, 0) is 43.7 Å². The van der Waals surface area contributed by atoms with Gasteiger partial charge in [0.1, 0.15) is 6.04 Å². The Kier molecular flexibility index (Phi) is 5.33. The highest BCUT2D eigenvalue weighted by Gasteiger charge is 2.31. The second-order valence-electron chi connectivity index (χ2n) is 6.98. The highest BCUT2D eigenvalue weighted by Crippen LogP contribution is 2.23. The Morgan fingerprint density at radius 3 is 2.88 bits per heavy atom. The third kappa shape index (κ3) is 4.04. The summed E-state index contributed by atoms with van der Waals surface area (Å²) in [4.78, 5) is 30.7. The molecule has 0 radical (unpaired) electrons. The number of carbonyl (C=O) groups is 2. The maximum absolute atomic E-state index is 12.7. The molecule has 2 fully saturated rings. The zero-order chi connectivity index (χ0) is 16.9. The van der Waals surface area contributed by atoms with Crippen molar-refractivity contribution in [1.82, 2.24) is 15.6 Å². The topological polar surface area (TPSA) is 74.3 Å². The van der Waals surface area contributed by atoms with E-state index in [1.54, 1.807) is 17.3 Å². The lowest BCUT2D eigenvalue weighted by atomic mass is 9.87. The fourth-order valence-corrected chi connectivity index (χ4v) is 3.73. The summed E-state index contributed by atoms with van der Waals surface area (Å²) in [6.07, 6.45) is 9.36. The predicted molar refractivity (Wildman–Crippen MR) is 92.7 cm³/mol. The van der Waals surface area contributed by atoms with Crippen molar-refractivity contribution in [1.29, 1.82) is 0 Å². The summed E-state index contributed by atoms with van der Waals surface area (Å²) in [5.41, 5.74) is 0.788. The molecule has 1 aliphatic heterocycles. The van der Waals surface area contributed by atoms with Crippen molar-refractivity contribution < 1.29 is 9.59 Å². The van der Waals surface area contributed by atoms with E-state index in [1.165, 1.54) is 6.42 Å². The second kappa shape index (κ2) is 7.64. The lowest BCUT2D eigenvalue weighted by molar-refractivity contribution is -0.121. The number of urea groups is 1. The SMILES string of the molecule is C[C@@H]1CCC[C@H](NC(=O)N[C@H]2CCCN(c3cccnc3)C2=O)C1. The maximum atomic E-state index is 12.7. The largest absolute Gasteiger partial charge is 0.335 e. The second-order valence-corrected chi connectivity index (χ2v) is 6.98. The van der Waals surface area contributed by atoms with Crippen molar-refractivity contribution in [2.45, 2.75) is 57.5 Å². The number of pyridine rings is 1. The van der Waals surface area contributed by atoms with Gasteiger partial charge in [-0.15, -0.1) is 0 Å². The Labute approximate surface area is 143 Å². The summed E-state index contributed by atoms with van der Waals surface area (Å²) in [6.45, 7) is 2.90. The number of hydrogen-bond acceptors (Lipinski definition) is 3. The van der Waals surface area contributed by atoms with Crippen LogP contribution in [0, 0.1) is 5.92 Å². The van der Waals surface area contributed by atoms with E-state index in [2.05, 4.69) is 22.5 Å². The molecule has 24 heavy (non-hydrogen) atoms. The van der Waals surface area contributed by atoms with Crippen molar-refractivity contribution in [3.05, 3.63) is 24.5 Å². The molecule has 1 aliphatic carbocycles. The Morgan fingerprint density at radius 2 is 2.12 bits per heavy atom. The minimum absolute atomic E-state index is 0.0542. The van der Waals surface area contributed by atoms with E-state index in [4.69, 9.17) is 0 Å². The van der Waals surface area contributed by atoms with Crippen molar-refractivity contribution in [3.63, 3.8) is 0 Å². The first-order chi connectivity index (χ1) is 11.6. The van der Waals surface area contributed by atoms with Gasteiger partial charge in [-0.3, -0.25) is 9.78 Å². The summed E-state index contributed by atoms with van der Waals surface area (Å²) in [5.74, 6) is 0.600. The van der Waals surface area contributed by atoms with Gasteiger partial charge < -0.3 is 15.5 Å². The number of aromatic nitrogens is 1. The number of rotatable bonds is 3. The molecule has 2 N–H and O–H groups in total. The van der Waals surface area contributed by atoms with Gasteiger partial charge in [0.2, 0.25) is 5.91 Å². The van der Waals surface area contributed by atoms with E-state index in [1.807, 2.05) is 12.1 Å². The fourth-order valence-electron chi connectivity index (χ4n) is 3.73. The molecular formula is C18H26N4O2. The van der Waals surface area contributed by atoms with E-state index < -0.39 is 6.04 Å². The molecule has 2 heterocycles. The molecule has 3 rings (SSSR count). The molecule has 130 valence electrons. The number of hydrogen-bond donors (Lipinski definition) is 2. The molecule has 1 saturated carbocycles. The molecule has 0 aromatic carbocycles. The first-order valence-electron chi connectivity index (χ1n) is 8.92. The summed E-state index contributed by atoms with van der Waals surface area (Å²) < 4.78 is 0. The van der Waals surface area contributed by atoms with Crippen LogP contribution in [0.15, 0.2) is 24.5 Å². The Bertz CT molecular complexity index is 578. The Hall–Kier alpha value is -2.11. The smallest absolute Gasteiger partial charge is 0.315 e. The molecule has 6 heteroatoms. The third-order valence-corrected chi connectivity index (χ3v) is 4.97. The standard InChI is InChI=1S/C18H26N4O2/c1-13-5-2-6-14(11-13)20-18(24)21-16-8-4-10-22(17(16)23)15-7-3-9-19-12-15/h3,7,9,12-14,16H,2,4-6,8,10-11H2,1H3,(H2,20,21,24)/t13-,14+,16+/m1/s1. The van der Waals surface area contributed by atoms with E-state index >= 15 is 0 Å². The summed E-state index contributed by atoms with van der Waals surface area (Å²) in [6, 6.07) is 3.23. The molecule has 1 aromatic heterocycles. The average molecular weight is 330 g/mol. The summed E-state index contributed by atoms with van der Waals surface area (Å²) in [7, 11) is 0. The van der Waals surface area contributed by atoms with Gasteiger partial charge in [-0.2, -0.15) is 0 Å². The zero-order valence-corrected chi connectivity index (χ0v) is 14.2. The normalized spacial score (nSPS) is 27.6. The average Bonchev–Trinajstić information content (AvgIpc) is 2.57. The lowest BCUT2D eigenvalue weighted by Gasteiger charge is -2.33. The van der Waals surface area contributed by atoms with Crippen molar-refractivity contribution in [3.8, 4) is 0 Å². The van der Waals surface area contributed by atoms with E-state index in [0.29, 0.717) is 18.9 Å². The van der Waals surface area contributed by atoms with Crippen LogP contribution in [0.2, 0.25) is 0 Å². The summed E-state index contributed by atoms with van der Waals surface area (Å²) in [5, 5.41) is 5.91. The Morgan fingerprint density at radius 1 is 1.25 bits per heavy atom. The lowest BCUT2D eigenvalue weighted by Crippen LogP contribution is -2.55. The van der Waals surface area contributed by atoms with Gasteiger partial charge in [0, 0.05) is 18.8 Å². The van der Waals surface area contributed by atoms with Crippen LogP contribution < -0.4 is 15.5 Å². The van der Waals surface area contributed by atoms with Crippen LogP contribution >= 0.6 is 0 Å². The van der Waals surface area contributed by atoms with Gasteiger partial charge in [0.15, 0.2) is 0 Å². The highest BCUT2D eigenvalue weighted by molar-refractivity contribution is 5.99. The number of amides is 3. The van der Waals surface area contributed by atoms with Gasteiger partial charge in [-0.25, -0.2) is 4.79 Å². The minimum Gasteiger partial charge on any atom is -0.335 e. The maximum Gasteiger partial charge on any atom is 0.315 e. The molecule has 1 saturated heterocycles. The highest BCUT2D eigenvalue weighted by atomic mass is 16.2. The molecule has 0 unspecified atom stereocenters. The first-order valence-corrected chi connectivity index (χ1v) is 8.92. The monoisotopic (exact) mass is 330 g/mol. The van der Waals surface area contributed by atoms with Gasteiger partial charge in [0.25, 0.3) is 0 Å². The van der Waals surface area contributed by atoms with Crippen LogP contribution in [0.25, 0.3) is 0 Å². The van der Waals surface area contributed by atoms with Crippen LogP contribution in [0.3, 0.4) is 0 Å². The zero-order valence-electron chi connectivity index (χ0n) is 14.2. The summed E-state index contributed by atoms with van der Waals surface area (Å²) >= 11 is 0. The number of nitrogens with one attached hydrogen (secondary N) is 2. The molecule has 3 amide bonds. The van der Waals surface area contributed by atoms with Crippen molar-refractivity contribution >= 4 is 17.6 Å². The molecule has 1 aromatic rings. The van der Waals surface area contributed by atoms with E-state index in [9.17, 15) is 9.59 Å². The van der Waals surface area contributed by atoms with E-state index in [0.717, 1.165) is 31.4 Å². The molecule has 0 bridgehead atoms. The van der Waals surface area contributed by atoms with Crippen LogP contribution in [0.1, 0.15) is 45.4 Å². The molecule has 6 nitrogen and oxygen atoms in total. The van der Waals surface area contributed by atoms with Crippen molar-refractivity contribution in [2.24, 2.45) is 5.92 Å². The molecule has 0 spiro atoms. The number of piperidine rings is 1. The first kappa shape index (κ1) is 16.7. The van der Waals surface area contributed by atoms with Gasteiger partial charge in [-0.1, -0.05) is 19.8 Å². The fraction of sp³-hybridized carbons (Fsp3) is 0.611. The minimum atomic E-state index is -0.458. The molecule has 3 atom stereocenters. The van der Waals surface area contributed by atoms with Crippen molar-refractivity contribution in [2.75, 3.05) is 11.4 Å². The Balaban J connectivity index is 1.56. The van der Waals surface area contributed by atoms with Crippen LogP contribution in [0.4, 0.5) is 10.5 Å².